The molecule has 0 spiro atoms. The topological polar surface area (TPSA) is 96.5 Å². The van der Waals surface area contributed by atoms with Crippen molar-refractivity contribution in [3.05, 3.63) is 83.3 Å². The first kappa shape index (κ1) is 19.3. The molecule has 0 amide bonds. The molecule has 3 aromatic heterocycles. The number of halogens is 1. The van der Waals surface area contributed by atoms with E-state index in [2.05, 4.69) is 29.9 Å². The maximum absolute atomic E-state index is 12.5. The highest BCUT2D eigenvalue weighted by Gasteiger charge is 2.13. The summed E-state index contributed by atoms with van der Waals surface area (Å²) in [5.74, 6) is 0.552. The summed E-state index contributed by atoms with van der Waals surface area (Å²) in [4.78, 5) is 21.2. The van der Waals surface area contributed by atoms with E-state index in [0.29, 0.717) is 21.7 Å². The SMILES string of the molecule is O=C(Cc1cccc(-c2nsc(Nc3ccc4[nH]ncc4c3Cl)n2)c1)c1ccccn1. The lowest BCUT2D eigenvalue weighted by Crippen LogP contribution is -2.05. The van der Waals surface area contributed by atoms with Gasteiger partial charge in [-0.3, -0.25) is 14.9 Å². The molecule has 0 aliphatic heterocycles. The molecule has 3 heterocycles. The Morgan fingerprint density at radius 1 is 1.13 bits per heavy atom. The third kappa shape index (κ3) is 4.03. The van der Waals surface area contributed by atoms with E-state index in [1.54, 1.807) is 30.6 Å². The largest absolute Gasteiger partial charge is 0.329 e. The summed E-state index contributed by atoms with van der Waals surface area (Å²) < 4.78 is 4.45. The first-order valence-electron chi connectivity index (χ1n) is 9.43. The van der Waals surface area contributed by atoms with Gasteiger partial charge in [0.15, 0.2) is 11.6 Å². The van der Waals surface area contributed by atoms with E-state index >= 15 is 0 Å². The summed E-state index contributed by atoms with van der Waals surface area (Å²) in [5.41, 5.74) is 3.77. The van der Waals surface area contributed by atoms with Gasteiger partial charge in [0.05, 0.1) is 22.4 Å². The minimum Gasteiger partial charge on any atom is -0.329 e. The van der Waals surface area contributed by atoms with E-state index < -0.39 is 0 Å². The average Bonchev–Trinajstić information content (AvgIpc) is 3.47. The van der Waals surface area contributed by atoms with Gasteiger partial charge < -0.3 is 5.32 Å². The number of rotatable bonds is 6. The number of nitrogens with one attached hydrogen (secondary N) is 2. The van der Waals surface area contributed by atoms with Crippen LogP contribution in [0.1, 0.15) is 16.1 Å². The van der Waals surface area contributed by atoms with Crippen molar-refractivity contribution in [3.8, 4) is 11.4 Å². The molecule has 0 fully saturated rings. The van der Waals surface area contributed by atoms with Crippen LogP contribution in [0.25, 0.3) is 22.3 Å². The van der Waals surface area contributed by atoms with Gasteiger partial charge in [0, 0.05) is 35.1 Å². The van der Waals surface area contributed by atoms with Crippen LogP contribution in [0.15, 0.2) is 67.0 Å². The van der Waals surface area contributed by atoms with Crippen LogP contribution in [-0.2, 0) is 6.42 Å². The number of H-pyrrole nitrogens is 1. The molecule has 0 atom stereocenters. The van der Waals surface area contributed by atoms with Crippen molar-refractivity contribution in [2.24, 2.45) is 0 Å². The van der Waals surface area contributed by atoms with Gasteiger partial charge in [0.25, 0.3) is 0 Å². The highest BCUT2D eigenvalue weighted by atomic mass is 35.5. The summed E-state index contributed by atoms with van der Waals surface area (Å²) in [7, 11) is 0. The lowest BCUT2D eigenvalue weighted by Gasteiger charge is -2.05. The third-order valence-electron chi connectivity index (χ3n) is 4.73. The Hall–Kier alpha value is -3.62. The van der Waals surface area contributed by atoms with E-state index in [4.69, 9.17) is 11.6 Å². The summed E-state index contributed by atoms with van der Waals surface area (Å²) >= 11 is 7.71. The molecular formula is C22H15ClN6OS. The molecule has 9 heteroatoms. The van der Waals surface area contributed by atoms with Gasteiger partial charge in [-0.1, -0.05) is 35.9 Å². The third-order valence-corrected chi connectivity index (χ3v) is 5.76. The lowest BCUT2D eigenvalue weighted by atomic mass is 10.0. The maximum Gasteiger partial charge on any atom is 0.207 e. The van der Waals surface area contributed by atoms with Gasteiger partial charge in [0.2, 0.25) is 5.13 Å². The zero-order valence-electron chi connectivity index (χ0n) is 16.0. The molecule has 5 rings (SSSR count). The van der Waals surface area contributed by atoms with E-state index in [9.17, 15) is 4.79 Å². The first-order chi connectivity index (χ1) is 15.2. The van der Waals surface area contributed by atoms with Crippen molar-refractivity contribution in [3.63, 3.8) is 0 Å². The van der Waals surface area contributed by atoms with Crippen LogP contribution in [0, 0.1) is 0 Å². The summed E-state index contributed by atoms with van der Waals surface area (Å²) in [5, 5.41) is 12.1. The van der Waals surface area contributed by atoms with Gasteiger partial charge in [-0.25, -0.2) is 0 Å². The number of benzene rings is 2. The minimum absolute atomic E-state index is 0.0318. The van der Waals surface area contributed by atoms with E-state index in [1.807, 2.05) is 36.4 Å². The van der Waals surface area contributed by atoms with E-state index in [0.717, 1.165) is 27.7 Å². The molecule has 152 valence electrons. The second-order valence-corrected chi connectivity index (χ2v) is 7.95. The maximum atomic E-state index is 12.5. The van der Waals surface area contributed by atoms with Gasteiger partial charge in [0.1, 0.15) is 5.69 Å². The van der Waals surface area contributed by atoms with Crippen molar-refractivity contribution in [2.45, 2.75) is 6.42 Å². The minimum atomic E-state index is -0.0318. The molecule has 2 aromatic carbocycles. The van der Waals surface area contributed by atoms with Crippen molar-refractivity contribution in [2.75, 3.05) is 5.32 Å². The van der Waals surface area contributed by atoms with Crippen molar-refractivity contribution < 1.29 is 4.79 Å². The number of hydrogen-bond donors (Lipinski definition) is 2. The fourth-order valence-corrected chi connectivity index (χ4v) is 4.07. The zero-order valence-corrected chi connectivity index (χ0v) is 17.6. The Labute approximate surface area is 186 Å². The highest BCUT2D eigenvalue weighted by Crippen LogP contribution is 2.33. The number of pyridine rings is 1. The molecule has 2 N–H and O–H groups in total. The first-order valence-corrected chi connectivity index (χ1v) is 10.6. The highest BCUT2D eigenvalue weighted by molar-refractivity contribution is 7.10. The number of aromatic amines is 1. The Kier molecular flexibility index (Phi) is 5.15. The smallest absolute Gasteiger partial charge is 0.207 e. The fourth-order valence-electron chi connectivity index (χ4n) is 3.21. The molecule has 5 aromatic rings. The summed E-state index contributed by atoms with van der Waals surface area (Å²) in [6, 6.07) is 16.7. The monoisotopic (exact) mass is 446 g/mol. The van der Waals surface area contributed by atoms with E-state index in [1.165, 1.54) is 11.5 Å². The van der Waals surface area contributed by atoms with Gasteiger partial charge >= 0.3 is 0 Å². The molecule has 0 aliphatic carbocycles. The van der Waals surface area contributed by atoms with Crippen molar-refractivity contribution in [1.82, 2.24) is 24.5 Å². The summed E-state index contributed by atoms with van der Waals surface area (Å²) in [6.07, 6.45) is 3.57. The lowest BCUT2D eigenvalue weighted by molar-refractivity contribution is 0.0988. The molecule has 0 unspecified atom stereocenters. The van der Waals surface area contributed by atoms with Crippen LogP contribution in [0.4, 0.5) is 10.8 Å². The van der Waals surface area contributed by atoms with Crippen LogP contribution in [-0.4, -0.2) is 30.3 Å². The Morgan fingerprint density at radius 2 is 2.06 bits per heavy atom. The molecule has 7 nitrogen and oxygen atoms in total. The van der Waals surface area contributed by atoms with Crippen LogP contribution < -0.4 is 5.32 Å². The number of aromatic nitrogens is 5. The Morgan fingerprint density at radius 3 is 2.94 bits per heavy atom. The second-order valence-electron chi connectivity index (χ2n) is 6.82. The number of hydrogen-bond acceptors (Lipinski definition) is 7. The van der Waals surface area contributed by atoms with Crippen molar-refractivity contribution >= 4 is 50.6 Å². The van der Waals surface area contributed by atoms with Gasteiger partial charge in [-0.15, -0.1) is 0 Å². The van der Waals surface area contributed by atoms with Crippen LogP contribution >= 0.6 is 23.1 Å². The predicted molar refractivity (Wildman–Crippen MR) is 122 cm³/mol. The standard InChI is InChI=1S/C22H15ClN6OS/c23-20-15-12-25-28-16(15)7-8-18(20)26-22-27-21(29-31-22)14-5-3-4-13(10-14)11-19(30)17-6-1-2-9-24-17/h1-10,12H,11H2,(H,25,28)(H,26,27,29). The molecule has 31 heavy (non-hydrogen) atoms. The van der Waals surface area contributed by atoms with Crippen molar-refractivity contribution in [1.29, 1.82) is 0 Å². The van der Waals surface area contributed by atoms with Gasteiger partial charge in [-0.05, 0) is 35.9 Å². The summed E-state index contributed by atoms with van der Waals surface area (Å²) in [6.45, 7) is 0. The quantitative estimate of drug-likeness (QED) is 0.343. The predicted octanol–water partition coefficient (Wildman–Crippen LogP) is 5.30. The zero-order chi connectivity index (χ0) is 21.2. The number of ketones is 1. The van der Waals surface area contributed by atoms with Crippen LogP contribution in [0.5, 0.6) is 0 Å². The molecule has 0 aliphatic rings. The molecule has 0 bridgehead atoms. The fraction of sp³-hybridized carbons (Fsp3) is 0.0455. The number of nitrogens with zero attached hydrogens (tertiary/aromatic N) is 4. The normalized spacial score (nSPS) is 11.0. The number of carbonyl (C=O) groups is 1. The van der Waals surface area contributed by atoms with E-state index in [-0.39, 0.29) is 12.2 Å². The molecule has 0 saturated carbocycles. The number of carbonyl (C=O) groups excluding carboxylic acids is 1. The molecule has 0 radical (unpaired) electrons. The molecular weight excluding hydrogens is 432 g/mol. The number of fused-ring (bicyclic) bond motifs is 1. The number of Topliss-reactive ketones (excluding diaryl/α,β-unsaturated/α-hetero) is 1. The van der Waals surface area contributed by atoms with Gasteiger partial charge in [-0.2, -0.15) is 14.5 Å². The van der Waals surface area contributed by atoms with Crippen LogP contribution in [0.3, 0.4) is 0 Å². The number of anilines is 2. The van der Waals surface area contributed by atoms with Crippen LogP contribution in [0.2, 0.25) is 5.02 Å². The Balaban J connectivity index is 1.35. The average molecular weight is 447 g/mol. The Bertz CT molecular complexity index is 1380. The molecule has 0 saturated heterocycles. The second kappa shape index (κ2) is 8.25.